The first kappa shape index (κ1) is 24.4. The Morgan fingerprint density at radius 1 is 1.17 bits per heavy atom. The Balaban J connectivity index is 1.11. The van der Waals surface area contributed by atoms with E-state index in [9.17, 15) is 9.18 Å². The summed E-state index contributed by atoms with van der Waals surface area (Å²) in [7, 11) is 1.60. The number of ether oxygens (including phenoxy) is 2. The lowest BCUT2D eigenvalue weighted by molar-refractivity contribution is -0.147. The Labute approximate surface area is 210 Å². The van der Waals surface area contributed by atoms with Gasteiger partial charge in [-0.05, 0) is 67.9 Å². The van der Waals surface area contributed by atoms with Crippen LogP contribution in [-0.2, 0) is 22.4 Å². The zero-order chi connectivity index (χ0) is 25.0. The molecule has 0 radical (unpaired) electrons. The molecule has 0 aliphatic carbocycles. The zero-order valence-electron chi connectivity index (χ0n) is 20.6. The van der Waals surface area contributed by atoms with Crippen molar-refractivity contribution in [3.05, 3.63) is 65.8 Å². The lowest BCUT2D eigenvalue weighted by Crippen LogP contribution is -2.51. The van der Waals surface area contributed by atoms with Crippen LogP contribution in [0, 0.1) is 11.7 Å². The molecule has 36 heavy (non-hydrogen) atoms. The van der Waals surface area contributed by atoms with Crippen LogP contribution in [-0.4, -0.2) is 53.4 Å². The van der Waals surface area contributed by atoms with Crippen molar-refractivity contribution in [3.8, 4) is 17.1 Å². The third kappa shape index (κ3) is 5.59. The molecule has 1 aromatic heterocycles. The van der Waals surface area contributed by atoms with Crippen molar-refractivity contribution in [3.63, 3.8) is 0 Å². The molecule has 2 aliphatic heterocycles. The number of carbonyl (C=O) groups excluding carboxylic acids is 1. The monoisotopic (exact) mass is 493 g/mol. The van der Waals surface area contributed by atoms with Crippen molar-refractivity contribution in [2.45, 2.75) is 50.5 Å². The standard InChI is InChI=1S/C28H32FN3O4/c1-34-24-5-3-2-4-23(24)27-30-25(36-31-27)10-11-26(33)32-15-13-28(14-16-32)19-21(12-17-35-28)18-20-6-8-22(29)9-7-20/h2-9,21H,10-19H2,1H3. The molecule has 2 saturated heterocycles. The summed E-state index contributed by atoms with van der Waals surface area (Å²) in [5.74, 6) is 1.99. The summed E-state index contributed by atoms with van der Waals surface area (Å²) in [6.07, 6.45) is 5.36. The highest BCUT2D eigenvalue weighted by Gasteiger charge is 2.41. The first-order valence-electron chi connectivity index (χ1n) is 12.7. The van der Waals surface area contributed by atoms with E-state index >= 15 is 0 Å². The Morgan fingerprint density at radius 3 is 2.72 bits per heavy atom. The first-order valence-corrected chi connectivity index (χ1v) is 12.7. The number of rotatable bonds is 7. The van der Waals surface area contributed by atoms with Crippen molar-refractivity contribution in [2.24, 2.45) is 5.92 Å². The molecule has 7 nitrogen and oxygen atoms in total. The van der Waals surface area contributed by atoms with E-state index in [2.05, 4.69) is 10.1 Å². The molecule has 1 unspecified atom stereocenters. The number of nitrogens with zero attached hydrogens (tertiary/aromatic N) is 3. The highest BCUT2D eigenvalue weighted by atomic mass is 19.1. The van der Waals surface area contributed by atoms with Gasteiger partial charge in [-0.25, -0.2) is 4.39 Å². The molecule has 0 bridgehead atoms. The largest absolute Gasteiger partial charge is 0.496 e. The molecular weight excluding hydrogens is 461 g/mol. The van der Waals surface area contributed by atoms with Gasteiger partial charge in [-0.15, -0.1) is 0 Å². The van der Waals surface area contributed by atoms with Crippen LogP contribution >= 0.6 is 0 Å². The number of para-hydroxylation sites is 1. The third-order valence-corrected chi connectivity index (χ3v) is 7.43. The highest BCUT2D eigenvalue weighted by molar-refractivity contribution is 5.76. The van der Waals surface area contributed by atoms with Crippen LogP contribution in [0.1, 0.15) is 43.6 Å². The van der Waals surface area contributed by atoms with Gasteiger partial charge >= 0.3 is 0 Å². The number of carbonyl (C=O) groups is 1. The second-order valence-corrected chi connectivity index (χ2v) is 9.81. The average molecular weight is 494 g/mol. The van der Waals surface area contributed by atoms with Crippen LogP contribution in [0.4, 0.5) is 4.39 Å². The molecule has 5 rings (SSSR count). The van der Waals surface area contributed by atoms with Gasteiger partial charge in [0.2, 0.25) is 17.6 Å². The number of benzene rings is 2. The molecule has 1 spiro atoms. The zero-order valence-corrected chi connectivity index (χ0v) is 20.6. The molecule has 0 saturated carbocycles. The number of amides is 1. The van der Waals surface area contributed by atoms with Crippen molar-refractivity contribution in [1.29, 1.82) is 0 Å². The van der Waals surface area contributed by atoms with Gasteiger partial charge in [0.1, 0.15) is 11.6 Å². The normalized spacial score (nSPS) is 19.4. The maximum absolute atomic E-state index is 13.2. The maximum atomic E-state index is 13.2. The second kappa shape index (κ2) is 10.8. The van der Waals surface area contributed by atoms with Gasteiger partial charge in [0.25, 0.3) is 0 Å². The minimum Gasteiger partial charge on any atom is -0.496 e. The third-order valence-electron chi connectivity index (χ3n) is 7.43. The quantitative estimate of drug-likeness (QED) is 0.468. The number of hydrogen-bond acceptors (Lipinski definition) is 6. The number of hydrogen-bond donors (Lipinski definition) is 0. The van der Waals surface area contributed by atoms with Crippen LogP contribution in [0.15, 0.2) is 53.1 Å². The predicted molar refractivity (Wildman–Crippen MR) is 132 cm³/mol. The number of likely N-dealkylation sites (tertiary alicyclic amines) is 1. The Morgan fingerprint density at radius 2 is 1.94 bits per heavy atom. The number of methoxy groups -OCH3 is 1. The van der Waals surface area contributed by atoms with E-state index in [-0.39, 0.29) is 17.3 Å². The molecule has 3 heterocycles. The summed E-state index contributed by atoms with van der Waals surface area (Å²) >= 11 is 0. The van der Waals surface area contributed by atoms with Gasteiger partial charge in [0, 0.05) is 32.5 Å². The first-order chi connectivity index (χ1) is 17.5. The van der Waals surface area contributed by atoms with Crippen LogP contribution < -0.4 is 4.74 Å². The van der Waals surface area contributed by atoms with E-state index in [1.165, 1.54) is 17.7 Å². The molecule has 8 heteroatoms. The molecule has 2 aliphatic rings. The Bertz CT molecular complexity index is 1170. The van der Waals surface area contributed by atoms with Gasteiger partial charge in [0.15, 0.2) is 0 Å². The molecule has 190 valence electrons. The van der Waals surface area contributed by atoms with Crippen molar-refractivity contribution in [1.82, 2.24) is 15.0 Å². The van der Waals surface area contributed by atoms with Crippen LogP contribution in [0.3, 0.4) is 0 Å². The summed E-state index contributed by atoms with van der Waals surface area (Å²) in [5.41, 5.74) is 1.77. The SMILES string of the molecule is COc1ccccc1-c1noc(CCC(=O)N2CCC3(CC2)CC(Cc2ccc(F)cc2)CCO3)n1. The molecule has 1 amide bonds. The minimum absolute atomic E-state index is 0.0977. The van der Waals surface area contributed by atoms with Crippen molar-refractivity contribution in [2.75, 3.05) is 26.8 Å². The number of aromatic nitrogens is 2. The van der Waals surface area contributed by atoms with Gasteiger partial charge in [-0.3, -0.25) is 4.79 Å². The van der Waals surface area contributed by atoms with Gasteiger partial charge in [-0.2, -0.15) is 4.98 Å². The topological polar surface area (TPSA) is 77.7 Å². The highest BCUT2D eigenvalue weighted by Crippen LogP contribution is 2.39. The maximum Gasteiger partial charge on any atom is 0.227 e. The lowest BCUT2D eigenvalue weighted by atomic mass is 9.77. The van der Waals surface area contributed by atoms with Crippen LogP contribution in [0.5, 0.6) is 5.75 Å². The lowest BCUT2D eigenvalue weighted by Gasteiger charge is -2.46. The van der Waals surface area contributed by atoms with Gasteiger partial charge < -0.3 is 18.9 Å². The average Bonchev–Trinajstić information content (AvgIpc) is 3.38. The van der Waals surface area contributed by atoms with E-state index in [4.69, 9.17) is 14.0 Å². The fourth-order valence-corrected chi connectivity index (χ4v) is 5.44. The fourth-order valence-electron chi connectivity index (χ4n) is 5.44. The number of halogens is 1. The Kier molecular flexibility index (Phi) is 7.32. The summed E-state index contributed by atoms with van der Waals surface area (Å²) in [5, 5.41) is 4.06. The Hall–Kier alpha value is -3.26. The van der Waals surface area contributed by atoms with E-state index < -0.39 is 0 Å². The molecule has 2 fully saturated rings. The summed E-state index contributed by atoms with van der Waals surface area (Å²) in [6, 6.07) is 14.3. The second-order valence-electron chi connectivity index (χ2n) is 9.81. The predicted octanol–water partition coefficient (Wildman–Crippen LogP) is 4.85. The van der Waals surface area contributed by atoms with Crippen LogP contribution in [0.25, 0.3) is 11.4 Å². The summed E-state index contributed by atoms with van der Waals surface area (Å²) in [6.45, 7) is 2.13. The van der Waals surface area contributed by atoms with Gasteiger partial charge in [0.05, 0.1) is 18.3 Å². The van der Waals surface area contributed by atoms with Crippen molar-refractivity contribution < 1.29 is 23.2 Å². The fraction of sp³-hybridized carbons (Fsp3) is 0.464. The van der Waals surface area contributed by atoms with Crippen LogP contribution in [0.2, 0.25) is 0 Å². The summed E-state index contributed by atoms with van der Waals surface area (Å²) < 4.78 is 30.3. The molecule has 0 N–H and O–H groups in total. The van der Waals surface area contributed by atoms with Gasteiger partial charge in [-0.1, -0.05) is 29.4 Å². The number of piperidine rings is 1. The van der Waals surface area contributed by atoms with Crippen molar-refractivity contribution >= 4 is 5.91 Å². The molecule has 1 atom stereocenters. The molecule has 2 aromatic carbocycles. The van der Waals surface area contributed by atoms with E-state index in [1.54, 1.807) is 7.11 Å². The minimum atomic E-state index is -0.199. The smallest absolute Gasteiger partial charge is 0.227 e. The molecule has 3 aromatic rings. The van der Waals surface area contributed by atoms with E-state index in [0.717, 1.165) is 44.3 Å². The summed E-state index contributed by atoms with van der Waals surface area (Å²) in [4.78, 5) is 19.3. The number of aryl methyl sites for hydroxylation is 1. The molecular formula is C28H32FN3O4. The van der Waals surface area contributed by atoms with E-state index in [0.29, 0.717) is 49.3 Å². The van der Waals surface area contributed by atoms with E-state index in [1.807, 2.05) is 41.3 Å².